The number of benzene rings is 4. The number of rotatable bonds is 17. The summed E-state index contributed by atoms with van der Waals surface area (Å²) in [6, 6.07) is 28.9. The molecule has 342 valence electrons. The van der Waals surface area contributed by atoms with Crippen LogP contribution >= 0.6 is 68.0 Å². The second kappa shape index (κ2) is 19.2. The molecule has 16 heteroatoms. The van der Waals surface area contributed by atoms with E-state index in [-0.39, 0.29) is 23.6 Å². The van der Waals surface area contributed by atoms with Crippen molar-refractivity contribution in [2.24, 2.45) is 0 Å². The van der Waals surface area contributed by atoms with Gasteiger partial charge in [0.15, 0.2) is 0 Å². The van der Waals surface area contributed by atoms with Gasteiger partial charge in [-0.2, -0.15) is 0 Å². The van der Waals surface area contributed by atoms with Crippen molar-refractivity contribution in [3.63, 3.8) is 0 Å². The van der Waals surface area contributed by atoms with Crippen LogP contribution in [0, 0.1) is 0 Å². The highest BCUT2D eigenvalue weighted by molar-refractivity contribution is 8.76. The minimum absolute atomic E-state index is 0.221. The summed E-state index contributed by atoms with van der Waals surface area (Å²) in [5, 5.41) is 2.19. The molecule has 4 aliphatic rings. The molecule has 0 N–H and O–H groups in total. The van der Waals surface area contributed by atoms with E-state index < -0.39 is 0 Å². The maximum Gasteiger partial charge on any atom is 0.261 e. The summed E-state index contributed by atoms with van der Waals surface area (Å²) in [4.78, 5) is 65.6. The summed E-state index contributed by atoms with van der Waals surface area (Å²) in [7, 11) is 15.6. The van der Waals surface area contributed by atoms with E-state index in [4.69, 9.17) is 46.4 Å². The Bertz CT molecular complexity index is 2550. The van der Waals surface area contributed by atoms with Crippen molar-refractivity contribution in [2.45, 2.75) is 0 Å². The van der Waals surface area contributed by atoms with Crippen LogP contribution in [0.15, 0.2) is 119 Å². The first-order valence-electron chi connectivity index (χ1n) is 21.5. The molecular weight excluding hydrogens is 955 g/mol. The maximum atomic E-state index is 14.8. The molecule has 8 rings (SSSR count). The largest absolute Gasteiger partial charge is 0.329 e. The van der Waals surface area contributed by atoms with Crippen molar-refractivity contribution in [3.8, 4) is 0 Å². The second-order valence-corrected chi connectivity index (χ2v) is 22.9. The summed E-state index contributed by atoms with van der Waals surface area (Å²) in [5.41, 5.74) is 6.69. The minimum Gasteiger partial charge on any atom is -0.329 e. The van der Waals surface area contributed by atoms with Gasteiger partial charge >= 0.3 is 0 Å². The van der Waals surface area contributed by atoms with E-state index in [1.165, 1.54) is 0 Å². The zero-order chi connectivity index (χ0) is 47.2. The number of hydrogen-bond acceptors (Lipinski definition) is 6. The average molecular weight is 1000 g/mol. The number of carbonyl (C=O) groups excluding carboxylic acids is 4. The second-order valence-electron chi connectivity index (χ2n) is 18.4. The molecule has 10 nitrogen and oxygen atoms in total. The SMILES string of the molecule is C[N+](C)(C)CCN1C(=O)C2=C(c3ccc(Cl)cc3)N(CCSSCCN3C(=O)C4=C(c5ccc(Cl)cc5)N(CC[N+](C)(C)C)C(=O)C4=C3c3ccc(Cl)cc3)C(=O)C2=C1c1ccc(Cl)cc1. The van der Waals surface area contributed by atoms with Crippen LogP contribution in [0.4, 0.5) is 0 Å². The highest BCUT2D eigenvalue weighted by Gasteiger charge is 2.50. The van der Waals surface area contributed by atoms with E-state index in [9.17, 15) is 19.2 Å². The summed E-state index contributed by atoms with van der Waals surface area (Å²) in [5.74, 6) is 0.111. The quantitative estimate of drug-likeness (QED) is 0.0597. The fourth-order valence-corrected chi connectivity index (χ4v) is 10.9. The Labute approximate surface area is 414 Å². The molecule has 0 aliphatic carbocycles. The van der Waals surface area contributed by atoms with Crippen LogP contribution in [0.2, 0.25) is 20.1 Å². The third-order valence-corrected chi connectivity index (χ3v) is 15.1. The average Bonchev–Trinajstić information content (AvgIpc) is 3.92. The van der Waals surface area contributed by atoms with Crippen molar-refractivity contribution in [3.05, 3.63) is 162 Å². The van der Waals surface area contributed by atoms with Crippen LogP contribution in [0.25, 0.3) is 22.8 Å². The van der Waals surface area contributed by atoms with Crippen LogP contribution in [-0.4, -0.2) is 145 Å². The number of fused-ring (bicyclic) bond motifs is 2. The normalized spacial score (nSPS) is 16.7. The Morgan fingerprint density at radius 1 is 0.364 bits per heavy atom. The number of halogens is 4. The Morgan fingerprint density at radius 3 is 0.788 bits per heavy atom. The summed E-state index contributed by atoms with van der Waals surface area (Å²) >= 11 is 25.3. The van der Waals surface area contributed by atoms with Crippen molar-refractivity contribution in [1.29, 1.82) is 0 Å². The maximum absolute atomic E-state index is 14.8. The molecule has 0 saturated heterocycles. The molecule has 0 fully saturated rings. The van der Waals surface area contributed by atoms with Gasteiger partial charge in [-0.25, -0.2) is 0 Å². The first-order valence-corrected chi connectivity index (χ1v) is 25.5. The summed E-state index contributed by atoms with van der Waals surface area (Å²) < 4.78 is 1.26. The van der Waals surface area contributed by atoms with Crippen molar-refractivity contribution in [2.75, 3.05) is 93.1 Å². The fourth-order valence-electron chi connectivity index (χ4n) is 8.45. The van der Waals surface area contributed by atoms with Gasteiger partial charge in [0.1, 0.15) is 0 Å². The number of amides is 4. The lowest BCUT2D eigenvalue weighted by molar-refractivity contribution is -0.869. The number of likely N-dealkylation sites (N-methyl/N-ethyl adjacent to an activating group) is 2. The van der Waals surface area contributed by atoms with Gasteiger partial charge in [-0.05, 0) is 70.8 Å². The van der Waals surface area contributed by atoms with Gasteiger partial charge in [0.05, 0.1) is 114 Å². The van der Waals surface area contributed by atoms with Gasteiger partial charge in [0.25, 0.3) is 23.6 Å². The van der Waals surface area contributed by atoms with Gasteiger partial charge in [0.2, 0.25) is 0 Å². The monoisotopic (exact) mass is 1000 g/mol. The highest BCUT2D eigenvalue weighted by Crippen LogP contribution is 2.49. The smallest absolute Gasteiger partial charge is 0.261 e. The topological polar surface area (TPSA) is 81.2 Å². The van der Waals surface area contributed by atoms with E-state index in [0.29, 0.717) is 136 Å². The molecule has 4 aliphatic heterocycles. The first-order chi connectivity index (χ1) is 31.3. The predicted molar refractivity (Wildman–Crippen MR) is 271 cm³/mol. The van der Waals surface area contributed by atoms with Crippen LogP contribution in [-0.2, 0) is 19.2 Å². The standard InChI is InChI=1S/C50H50Cl4N6O4S2/c1-59(2,3)27-23-55-43(31-7-15-35(51)16-8-31)39-41(47(55)61)45(33-11-19-37(53)20-12-33)57(49(39)63)25-29-65-66-30-26-58-46(34-13-21-38(54)22-14-34)42-40(50(58)64)44(32-9-17-36(52)18-10-32)56(48(42)62)24-28-60(4,5)6/h7-22H,23-30H2,1-6H3/q+2. The Kier molecular flexibility index (Phi) is 14.0. The van der Waals surface area contributed by atoms with Gasteiger partial charge in [-0.3, -0.25) is 19.2 Å². The molecule has 0 radical (unpaired) electrons. The molecule has 4 amide bonds. The molecule has 0 spiro atoms. The van der Waals surface area contributed by atoms with E-state index in [2.05, 4.69) is 42.3 Å². The van der Waals surface area contributed by atoms with Gasteiger partial charge in [-0.15, -0.1) is 0 Å². The zero-order valence-corrected chi connectivity index (χ0v) is 42.2. The van der Waals surface area contributed by atoms with Crippen LogP contribution < -0.4 is 0 Å². The van der Waals surface area contributed by atoms with E-state index >= 15 is 0 Å². The molecule has 0 atom stereocenters. The fraction of sp³-hybridized carbons (Fsp3) is 0.280. The van der Waals surface area contributed by atoms with Gasteiger partial charge < -0.3 is 28.6 Å². The summed E-state index contributed by atoms with van der Waals surface area (Å²) in [6.45, 7) is 2.80. The highest BCUT2D eigenvalue weighted by atomic mass is 35.5. The number of hydrogen-bond donors (Lipinski definition) is 0. The van der Waals surface area contributed by atoms with Crippen molar-refractivity contribution in [1.82, 2.24) is 19.6 Å². The molecule has 0 aromatic heterocycles. The Morgan fingerprint density at radius 2 is 0.576 bits per heavy atom. The molecule has 0 bridgehead atoms. The van der Waals surface area contributed by atoms with Crippen LogP contribution in [0.1, 0.15) is 22.3 Å². The minimum atomic E-state index is -0.245. The number of nitrogens with zero attached hydrogens (tertiary/aromatic N) is 6. The summed E-state index contributed by atoms with van der Waals surface area (Å²) in [6.07, 6.45) is 0. The molecular formula is C50H50Cl4N6O4S2+2. The predicted octanol–water partition coefficient (Wildman–Crippen LogP) is 9.41. The molecule has 4 aromatic rings. The van der Waals surface area contributed by atoms with Gasteiger partial charge in [0, 0.05) is 44.7 Å². The van der Waals surface area contributed by atoms with Crippen LogP contribution in [0.3, 0.4) is 0 Å². The Hall–Kier alpha value is -4.50. The molecule has 4 heterocycles. The third-order valence-electron chi connectivity index (χ3n) is 11.7. The lowest BCUT2D eigenvalue weighted by atomic mass is 10.0. The molecule has 0 saturated carbocycles. The Balaban J connectivity index is 1.05. The lowest BCUT2D eigenvalue weighted by Gasteiger charge is -2.29. The third kappa shape index (κ3) is 9.75. The lowest BCUT2D eigenvalue weighted by Crippen LogP contribution is -2.42. The van der Waals surface area contributed by atoms with E-state index in [1.807, 2.05) is 48.5 Å². The van der Waals surface area contributed by atoms with Gasteiger partial charge in [-0.1, -0.05) is 117 Å². The van der Waals surface area contributed by atoms with E-state index in [0.717, 1.165) is 11.1 Å². The van der Waals surface area contributed by atoms with Crippen LogP contribution in [0.5, 0.6) is 0 Å². The molecule has 0 unspecified atom stereocenters. The number of carbonyl (C=O) groups is 4. The number of quaternary nitrogens is 2. The zero-order valence-electron chi connectivity index (χ0n) is 37.5. The first kappa shape index (κ1) is 48.0. The van der Waals surface area contributed by atoms with Crippen molar-refractivity contribution < 1.29 is 28.1 Å². The molecule has 66 heavy (non-hydrogen) atoms. The molecule has 4 aromatic carbocycles. The van der Waals surface area contributed by atoms with Crippen molar-refractivity contribution >= 4 is 114 Å². The van der Waals surface area contributed by atoms with E-state index in [1.54, 1.807) is 89.7 Å².